The first kappa shape index (κ1) is 14.2. The molecule has 0 aromatic heterocycles. The zero-order valence-corrected chi connectivity index (χ0v) is 13.6. The molecule has 23 heavy (non-hydrogen) atoms. The summed E-state index contributed by atoms with van der Waals surface area (Å²) in [7, 11) is 3.31. The van der Waals surface area contributed by atoms with E-state index in [2.05, 4.69) is 30.3 Å². The molecule has 0 unspecified atom stereocenters. The maximum absolute atomic E-state index is 6.25. The van der Waals surface area contributed by atoms with E-state index in [0.29, 0.717) is 0 Å². The maximum Gasteiger partial charge on any atom is 0.161 e. The van der Waals surface area contributed by atoms with Gasteiger partial charge >= 0.3 is 0 Å². The molecule has 0 aliphatic carbocycles. The number of halogens is 1. The van der Waals surface area contributed by atoms with E-state index in [-0.39, 0.29) is 0 Å². The zero-order valence-electron chi connectivity index (χ0n) is 12.9. The summed E-state index contributed by atoms with van der Waals surface area (Å²) in [6.45, 7) is 0. The molecule has 0 heterocycles. The van der Waals surface area contributed by atoms with Gasteiger partial charge in [-0.3, -0.25) is 0 Å². The van der Waals surface area contributed by atoms with Gasteiger partial charge < -0.3 is 9.47 Å². The van der Waals surface area contributed by atoms with E-state index in [4.69, 9.17) is 21.1 Å². The molecule has 0 radical (unpaired) electrons. The van der Waals surface area contributed by atoms with E-state index >= 15 is 0 Å². The van der Waals surface area contributed by atoms with E-state index in [1.165, 1.54) is 16.2 Å². The molecule has 0 amide bonds. The third-order valence-electron chi connectivity index (χ3n) is 4.30. The Hall–Kier alpha value is -2.45. The molecule has 4 aromatic rings. The van der Waals surface area contributed by atoms with E-state index < -0.39 is 0 Å². The predicted molar refractivity (Wildman–Crippen MR) is 97.1 cm³/mol. The van der Waals surface area contributed by atoms with Crippen molar-refractivity contribution in [3.8, 4) is 11.5 Å². The van der Waals surface area contributed by atoms with E-state index in [0.717, 1.165) is 32.7 Å². The number of fused-ring (bicyclic) bond motifs is 6. The molecule has 0 bridgehead atoms. The molecule has 0 fully saturated rings. The molecule has 0 spiro atoms. The molecule has 4 aromatic carbocycles. The van der Waals surface area contributed by atoms with Crippen molar-refractivity contribution in [1.29, 1.82) is 0 Å². The van der Waals surface area contributed by atoms with Crippen molar-refractivity contribution in [3.63, 3.8) is 0 Å². The molecule has 0 atom stereocenters. The molecule has 2 nitrogen and oxygen atoms in total. The lowest BCUT2D eigenvalue weighted by Gasteiger charge is -2.14. The number of rotatable bonds is 2. The summed E-state index contributed by atoms with van der Waals surface area (Å²) >= 11 is 6.25. The van der Waals surface area contributed by atoms with Gasteiger partial charge in [0, 0.05) is 5.02 Å². The molecule has 0 saturated carbocycles. The van der Waals surface area contributed by atoms with Crippen LogP contribution in [-0.2, 0) is 0 Å². The number of ether oxygens (including phenoxy) is 2. The van der Waals surface area contributed by atoms with Crippen molar-refractivity contribution in [3.05, 3.63) is 59.6 Å². The Labute approximate surface area is 139 Å². The Morgan fingerprint density at radius 2 is 1.09 bits per heavy atom. The van der Waals surface area contributed by atoms with Crippen LogP contribution in [0.3, 0.4) is 0 Å². The normalized spacial score (nSPS) is 11.3. The Balaban J connectivity index is 2.32. The lowest BCUT2D eigenvalue weighted by atomic mass is 9.94. The van der Waals surface area contributed by atoms with Crippen LogP contribution < -0.4 is 9.47 Å². The number of hydrogen-bond donors (Lipinski definition) is 0. The monoisotopic (exact) mass is 322 g/mol. The second kappa shape index (κ2) is 5.32. The second-order valence-corrected chi connectivity index (χ2v) is 5.92. The molecule has 0 aliphatic heterocycles. The van der Waals surface area contributed by atoms with E-state index in [1.54, 1.807) is 14.2 Å². The third kappa shape index (κ3) is 2.10. The standard InChI is InChI=1S/C20H15ClO2/c1-22-19-10-17-14-6-4-3-5-13(14)15-8-7-12(21)9-16(15)18(17)11-20(19)23-2/h3-11H,1-2H3. The lowest BCUT2D eigenvalue weighted by Crippen LogP contribution is -1.92. The Morgan fingerprint density at radius 3 is 1.70 bits per heavy atom. The number of hydrogen-bond acceptors (Lipinski definition) is 2. The highest BCUT2D eigenvalue weighted by molar-refractivity contribution is 6.33. The van der Waals surface area contributed by atoms with Crippen molar-refractivity contribution in [1.82, 2.24) is 0 Å². The van der Waals surface area contributed by atoms with Crippen molar-refractivity contribution >= 4 is 43.9 Å². The van der Waals surface area contributed by atoms with Gasteiger partial charge in [-0.1, -0.05) is 41.9 Å². The van der Waals surface area contributed by atoms with Crippen molar-refractivity contribution in [2.24, 2.45) is 0 Å². The Bertz CT molecular complexity index is 1050. The highest BCUT2D eigenvalue weighted by atomic mass is 35.5. The van der Waals surface area contributed by atoms with Crippen molar-refractivity contribution < 1.29 is 9.47 Å². The fraction of sp³-hybridized carbons (Fsp3) is 0.100. The first-order valence-electron chi connectivity index (χ1n) is 7.38. The topological polar surface area (TPSA) is 18.5 Å². The van der Waals surface area contributed by atoms with Crippen LogP contribution in [0.5, 0.6) is 11.5 Å². The minimum Gasteiger partial charge on any atom is -0.493 e. The van der Waals surface area contributed by atoms with Gasteiger partial charge in [0.05, 0.1) is 14.2 Å². The summed E-state index contributed by atoms with van der Waals surface area (Å²) in [5, 5.41) is 7.67. The Kier molecular flexibility index (Phi) is 3.28. The minimum absolute atomic E-state index is 0.719. The van der Waals surface area contributed by atoms with Gasteiger partial charge in [0.25, 0.3) is 0 Å². The van der Waals surface area contributed by atoms with Crippen LogP contribution in [0.1, 0.15) is 0 Å². The summed E-state index contributed by atoms with van der Waals surface area (Å²) in [6, 6.07) is 18.5. The van der Waals surface area contributed by atoms with Gasteiger partial charge in [-0.15, -0.1) is 0 Å². The molecule has 3 heteroatoms. The predicted octanol–water partition coefficient (Wildman–Crippen LogP) is 5.82. The van der Waals surface area contributed by atoms with Gasteiger partial charge in [0.2, 0.25) is 0 Å². The smallest absolute Gasteiger partial charge is 0.161 e. The molecular weight excluding hydrogens is 308 g/mol. The number of methoxy groups -OCH3 is 2. The van der Waals surface area contributed by atoms with Gasteiger partial charge in [-0.25, -0.2) is 0 Å². The van der Waals surface area contributed by atoms with Gasteiger partial charge in [-0.05, 0) is 56.6 Å². The highest BCUT2D eigenvalue weighted by Gasteiger charge is 2.13. The molecule has 0 N–H and O–H groups in total. The van der Waals surface area contributed by atoms with Crippen LogP contribution >= 0.6 is 11.6 Å². The first-order chi connectivity index (χ1) is 11.2. The maximum atomic E-state index is 6.25. The zero-order chi connectivity index (χ0) is 16.0. The van der Waals surface area contributed by atoms with Crippen LogP contribution in [0.15, 0.2) is 54.6 Å². The lowest BCUT2D eigenvalue weighted by molar-refractivity contribution is 0.356. The SMILES string of the molecule is COc1cc2c3ccccc3c3ccc(Cl)cc3c2cc1OC. The Morgan fingerprint density at radius 1 is 0.609 bits per heavy atom. The molecular formula is C20H15ClO2. The fourth-order valence-corrected chi connectivity index (χ4v) is 3.42. The van der Waals surface area contributed by atoms with Crippen LogP contribution in [0.2, 0.25) is 5.02 Å². The summed E-state index contributed by atoms with van der Waals surface area (Å²) < 4.78 is 11.0. The fourth-order valence-electron chi connectivity index (χ4n) is 3.25. The average Bonchev–Trinajstić information content (AvgIpc) is 2.60. The summed E-state index contributed by atoms with van der Waals surface area (Å²) in [5.74, 6) is 1.45. The molecule has 4 rings (SSSR count). The summed E-state index contributed by atoms with van der Waals surface area (Å²) in [5.41, 5.74) is 0. The molecule has 0 aliphatic rings. The first-order valence-corrected chi connectivity index (χ1v) is 7.76. The van der Waals surface area contributed by atoms with Crippen LogP contribution in [0.4, 0.5) is 0 Å². The van der Waals surface area contributed by atoms with E-state index in [9.17, 15) is 0 Å². The van der Waals surface area contributed by atoms with E-state index in [1.807, 2.05) is 24.3 Å². The third-order valence-corrected chi connectivity index (χ3v) is 4.54. The van der Waals surface area contributed by atoms with Gasteiger partial charge in [-0.2, -0.15) is 0 Å². The molecule has 114 valence electrons. The van der Waals surface area contributed by atoms with Crippen LogP contribution in [0, 0.1) is 0 Å². The van der Waals surface area contributed by atoms with Gasteiger partial charge in [0.1, 0.15) is 0 Å². The average molecular weight is 323 g/mol. The van der Waals surface area contributed by atoms with Crippen molar-refractivity contribution in [2.45, 2.75) is 0 Å². The van der Waals surface area contributed by atoms with Crippen molar-refractivity contribution in [2.75, 3.05) is 14.2 Å². The minimum atomic E-state index is 0.719. The molecule has 0 saturated heterocycles. The van der Waals surface area contributed by atoms with Crippen LogP contribution in [0.25, 0.3) is 32.3 Å². The highest BCUT2D eigenvalue weighted by Crippen LogP contribution is 2.41. The quantitative estimate of drug-likeness (QED) is 0.433. The second-order valence-electron chi connectivity index (χ2n) is 5.49. The van der Waals surface area contributed by atoms with Gasteiger partial charge in [0.15, 0.2) is 11.5 Å². The van der Waals surface area contributed by atoms with Crippen LogP contribution in [-0.4, -0.2) is 14.2 Å². The summed E-state index contributed by atoms with van der Waals surface area (Å²) in [6.07, 6.45) is 0. The largest absolute Gasteiger partial charge is 0.493 e. The summed E-state index contributed by atoms with van der Waals surface area (Å²) in [4.78, 5) is 0. The number of benzene rings is 4.